The minimum atomic E-state index is -3.19. The van der Waals surface area contributed by atoms with Crippen LogP contribution in [0, 0.1) is 12.8 Å². The van der Waals surface area contributed by atoms with E-state index in [2.05, 4.69) is 5.32 Å². The molecule has 0 unspecified atom stereocenters. The monoisotopic (exact) mass is 302 g/mol. The molecule has 1 aliphatic rings. The van der Waals surface area contributed by atoms with Gasteiger partial charge < -0.3 is 5.32 Å². The second-order valence-corrected chi connectivity index (χ2v) is 7.14. The molecular weight excluding hydrogens is 288 g/mol. The first-order chi connectivity index (χ1) is 8.77. The predicted octanol–water partition coefficient (Wildman–Crippen LogP) is 1.48. The van der Waals surface area contributed by atoms with E-state index >= 15 is 0 Å². The topological polar surface area (TPSA) is 66.5 Å². The number of hydrogen-bond acceptors (Lipinski definition) is 3. The predicted molar refractivity (Wildman–Crippen MR) is 74.7 cm³/mol. The Balaban J connectivity index is 1.98. The second-order valence-electron chi connectivity index (χ2n) is 4.73. The molecule has 104 valence electrons. The molecule has 1 aromatic rings. The Morgan fingerprint density at radius 3 is 2.63 bits per heavy atom. The van der Waals surface area contributed by atoms with Gasteiger partial charge in [-0.2, -0.15) is 0 Å². The third-order valence-electron chi connectivity index (χ3n) is 3.15. The van der Waals surface area contributed by atoms with E-state index in [4.69, 9.17) is 11.6 Å². The van der Waals surface area contributed by atoms with Gasteiger partial charge in [0, 0.05) is 23.8 Å². The molecule has 1 heterocycles. The van der Waals surface area contributed by atoms with Crippen molar-refractivity contribution in [1.82, 2.24) is 4.31 Å². The van der Waals surface area contributed by atoms with Gasteiger partial charge >= 0.3 is 0 Å². The highest BCUT2D eigenvalue weighted by Gasteiger charge is 2.37. The lowest BCUT2D eigenvalue weighted by Gasteiger charge is -2.36. The van der Waals surface area contributed by atoms with Crippen molar-refractivity contribution in [3.05, 3.63) is 28.8 Å². The van der Waals surface area contributed by atoms with Crippen LogP contribution >= 0.6 is 11.6 Å². The van der Waals surface area contributed by atoms with Gasteiger partial charge in [-0.1, -0.05) is 17.7 Å². The molecule has 5 nitrogen and oxygen atoms in total. The number of benzene rings is 1. The van der Waals surface area contributed by atoms with Crippen LogP contribution in [-0.4, -0.2) is 38.0 Å². The van der Waals surface area contributed by atoms with Gasteiger partial charge in [-0.05, 0) is 24.6 Å². The molecule has 0 bridgehead atoms. The largest absolute Gasteiger partial charge is 0.325 e. The fraction of sp³-hybridized carbons (Fsp3) is 0.417. The molecule has 1 aliphatic heterocycles. The van der Waals surface area contributed by atoms with Crippen molar-refractivity contribution < 1.29 is 13.2 Å². The van der Waals surface area contributed by atoms with Crippen molar-refractivity contribution in [1.29, 1.82) is 0 Å². The third kappa shape index (κ3) is 3.26. The fourth-order valence-electron chi connectivity index (χ4n) is 1.84. The van der Waals surface area contributed by atoms with Gasteiger partial charge in [0.2, 0.25) is 15.9 Å². The summed E-state index contributed by atoms with van der Waals surface area (Å²) in [5, 5.41) is 3.33. The standard InChI is InChI=1S/C12H15ClN2O3S/c1-8-3-4-10(13)5-11(8)14-12(16)9-6-15(7-9)19(2,17)18/h3-5,9H,6-7H2,1-2H3,(H,14,16). The van der Waals surface area contributed by atoms with Gasteiger partial charge in [0.05, 0.1) is 12.2 Å². The molecule has 7 heteroatoms. The van der Waals surface area contributed by atoms with E-state index in [1.54, 1.807) is 12.1 Å². The molecule has 2 rings (SSSR count). The van der Waals surface area contributed by atoms with Crippen LogP contribution < -0.4 is 5.32 Å². The molecule has 0 aliphatic carbocycles. The minimum absolute atomic E-state index is 0.176. The maximum absolute atomic E-state index is 12.0. The Kier molecular flexibility index (Phi) is 3.85. The van der Waals surface area contributed by atoms with Crippen molar-refractivity contribution in [2.75, 3.05) is 24.7 Å². The summed E-state index contributed by atoms with van der Waals surface area (Å²) >= 11 is 5.87. The summed E-state index contributed by atoms with van der Waals surface area (Å²) in [6, 6.07) is 5.25. The number of sulfonamides is 1. The summed E-state index contributed by atoms with van der Waals surface area (Å²) in [7, 11) is -3.19. The SMILES string of the molecule is Cc1ccc(Cl)cc1NC(=O)C1CN(S(C)(=O)=O)C1. The summed E-state index contributed by atoms with van der Waals surface area (Å²) in [5.41, 5.74) is 1.58. The Morgan fingerprint density at radius 1 is 1.42 bits per heavy atom. The number of nitrogens with zero attached hydrogens (tertiary/aromatic N) is 1. The van der Waals surface area contributed by atoms with Gasteiger partial charge in [-0.25, -0.2) is 12.7 Å². The van der Waals surface area contributed by atoms with Crippen LogP contribution in [0.15, 0.2) is 18.2 Å². The Labute approximate surface area is 117 Å². The Bertz CT molecular complexity index is 609. The minimum Gasteiger partial charge on any atom is -0.325 e. The first kappa shape index (κ1) is 14.3. The van der Waals surface area contributed by atoms with E-state index in [0.29, 0.717) is 10.7 Å². The molecule has 1 N–H and O–H groups in total. The molecular formula is C12H15ClN2O3S. The van der Waals surface area contributed by atoms with Gasteiger partial charge in [0.1, 0.15) is 0 Å². The summed E-state index contributed by atoms with van der Waals surface area (Å²) in [6.07, 6.45) is 1.14. The normalized spacial score (nSPS) is 17.0. The fourth-order valence-corrected chi connectivity index (χ4v) is 2.91. The number of carbonyl (C=O) groups is 1. The summed E-state index contributed by atoms with van der Waals surface area (Å²) in [6.45, 7) is 2.35. The van der Waals surface area contributed by atoms with Crippen molar-refractivity contribution in [2.45, 2.75) is 6.92 Å². The number of halogens is 1. The van der Waals surface area contributed by atoms with Crippen molar-refractivity contribution >= 4 is 33.2 Å². The lowest BCUT2D eigenvalue weighted by Crippen LogP contribution is -2.53. The van der Waals surface area contributed by atoms with E-state index in [0.717, 1.165) is 11.8 Å². The molecule has 0 spiro atoms. The van der Waals surface area contributed by atoms with Gasteiger partial charge in [-0.3, -0.25) is 4.79 Å². The van der Waals surface area contributed by atoms with Crippen LogP contribution in [0.4, 0.5) is 5.69 Å². The van der Waals surface area contributed by atoms with Gasteiger partial charge in [0.25, 0.3) is 0 Å². The zero-order valence-corrected chi connectivity index (χ0v) is 12.3. The third-order valence-corrected chi connectivity index (χ3v) is 4.62. The molecule has 1 fully saturated rings. The van der Waals surface area contributed by atoms with Crippen LogP contribution in [0.2, 0.25) is 5.02 Å². The number of carbonyl (C=O) groups excluding carboxylic acids is 1. The van der Waals surface area contributed by atoms with Crippen molar-refractivity contribution in [2.24, 2.45) is 5.92 Å². The number of aryl methyl sites for hydroxylation is 1. The lowest BCUT2D eigenvalue weighted by atomic mass is 10.0. The first-order valence-electron chi connectivity index (χ1n) is 5.79. The lowest BCUT2D eigenvalue weighted by molar-refractivity contribution is -0.122. The highest BCUT2D eigenvalue weighted by Crippen LogP contribution is 2.24. The molecule has 0 radical (unpaired) electrons. The Hall–Kier alpha value is -1.11. The van der Waals surface area contributed by atoms with Crippen LogP contribution in [0.25, 0.3) is 0 Å². The molecule has 0 saturated carbocycles. The summed E-state index contributed by atoms with van der Waals surface area (Å²) in [5.74, 6) is -0.474. The quantitative estimate of drug-likeness (QED) is 0.919. The van der Waals surface area contributed by atoms with Gasteiger partial charge in [-0.15, -0.1) is 0 Å². The van der Waals surface area contributed by atoms with E-state index in [-0.39, 0.29) is 24.9 Å². The number of rotatable bonds is 3. The van der Waals surface area contributed by atoms with Crippen LogP contribution in [-0.2, 0) is 14.8 Å². The van der Waals surface area contributed by atoms with E-state index in [9.17, 15) is 13.2 Å². The molecule has 19 heavy (non-hydrogen) atoms. The summed E-state index contributed by atoms with van der Waals surface area (Å²) < 4.78 is 23.7. The number of hydrogen-bond donors (Lipinski definition) is 1. The highest BCUT2D eigenvalue weighted by atomic mass is 35.5. The molecule has 1 amide bonds. The maximum atomic E-state index is 12.0. The smallest absolute Gasteiger partial charge is 0.230 e. The summed E-state index contributed by atoms with van der Waals surface area (Å²) in [4.78, 5) is 12.0. The van der Waals surface area contributed by atoms with E-state index < -0.39 is 10.0 Å². The van der Waals surface area contributed by atoms with E-state index in [1.165, 1.54) is 4.31 Å². The van der Waals surface area contributed by atoms with Gasteiger partial charge in [0.15, 0.2) is 0 Å². The number of amides is 1. The second kappa shape index (κ2) is 5.11. The number of anilines is 1. The Morgan fingerprint density at radius 2 is 2.05 bits per heavy atom. The average Bonchev–Trinajstić information content (AvgIpc) is 2.19. The number of nitrogens with one attached hydrogen (secondary N) is 1. The molecule has 1 saturated heterocycles. The molecule has 0 atom stereocenters. The molecule has 1 aromatic carbocycles. The van der Waals surface area contributed by atoms with Crippen molar-refractivity contribution in [3.8, 4) is 0 Å². The van der Waals surface area contributed by atoms with Crippen LogP contribution in [0.3, 0.4) is 0 Å². The zero-order valence-electron chi connectivity index (χ0n) is 10.7. The first-order valence-corrected chi connectivity index (χ1v) is 8.02. The van der Waals surface area contributed by atoms with Crippen molar-refractivity contribution in [3.63, 3.8) is 0 Å². The molecule has 0 aromatic heterocycles. The highest BCUT2D eigenvalue weighted by molar-refractivity contribution is 7.88. The van der Waals surface area contributed by atoms with Crippen LogP contribution in [0.5, 0.6) is 0 Å². The maximum Gasteiger partial charge on any atom is 0.230 e. The van der Waals surface area contributed by atoms with E-state index in [1.807, 2.05) is 13.0 Å². The van der Waals surface area contributed by atoms with Crippen LogP contribution in [0.1, 0.15) is 5.56 Å². The average molecular weight is 303 g/mol. The zero-order chi connectivity index (χ0) is 14.2.